The first-order valence-corrected chi connectivity index (χ1v) is 10.4. The van der Waals surface area contributed by atoms with Gasteiger partial charge < -0.3 is 30.7 Å². The Bertz CT molecular complexity index is 1140. The van der Waals surface area contributed by atoms with Crippen LogP contribution in [0.1, 0.15) is 16.7 Å². The number of hydrogen-bond donors (Lipinski definition) is 6. The van der Waals surface area contributed by atoms with Crippen LogP contribution in [0.3, 0.4) is 0 Å². The SMILES string of the molecule is Cc1cc(Oc2cccc(C(F)(F)F)c2)ccc1Nc1snc(O)c1C(=N)NCC(O)CO. The minimum absolute atomic E-state index is 0.0455. The van der Waals surface area contributed by atoms with E-state index in [1.54, 1.807) is 25.1 Å². The monoisotopic (exact) mass is 482 g/mol. The summed E-state index contributed by atoms with van der Waals surface area (Å²) in [4.78, 5) is 0. The molecule has 0 saturated heterocycles. The van der Waals surface area contributed by atoms with Gasteiger partial charge in [0.2, 0.25) is 5.88 Å². The van der Waals surface area contributed by atoms with Crippen LogP contribution < -0.4 is 15.4 Å². The molecule has 0 fully saturated rings. The predicted molar refractivity (Wildman–Crippen MR) is 118 cm³/mol. The fraction of sp³-hybridized carbons (Fsp3) is 0.238. The third-order valence-electron chi connectivity index (χ3n) is 4.49. The summed E-state index contributed by atoms with van der Waals surface area (Å²) < 4.78 is 48.1. The summed E-state index contributed by atoms with van der Waals surface area (Å²) in [5, 5.41) is 42.5. The van der Waals surface area contributed by atoms with E-state index in [2.05, 4.69) is 15.0 Å². The van der Waals surface area contributed by atoms with Gasteiger partial charge in [-0.25, -0.2) is 0 Å². The van der Waals surface area contributed by atoms with Crippen LogP contribution in [-0.2, 0) is 6.18 Å². The van der Waals surface area contributed by atoms with Gasteiger partial charge in [0, 0.05) is 12.2 Å². The maximum Gasteiger partial charge on any atom is 0.416 e. The maximum absolute atomic E-state index is 12.9. The number of alkyl halides is 3. The predicted octanol–water partition coefficient (Wildman–Crippen LogP) is 3.98. The van der Waals surface area contributed by atoms with Crippen molar-refractivity contribution < 1.29 is 33.2 Å². The lowest BCUT2D eigenvalue weighted by atomic mass is 10.1. The number of aliphatic hydroxyl groups is 2. The van der Waals surface area contributed by atoms with E-state index in [0.717, 1.165) is 23.7 Å². The van der Waals surface area contributed by atoms with Crippen LogP contribution in [0.15, 0.2) is 42.5 Å². The van der Waals surface area contributed by atoms with Crippen molar-refractivity contribution in [3.8, 4) is 17.4 Å². The van der Waals surface area contributed by atoms with Crippen LogP contribution >= 0.6 is 11.5 Å². The molecule has 6 N–H and O–H groups in total. The number of halogens is 3. The fourth-order valence-corrected chi connectivity index (χ4v) is 3.51. The van der Waals surface area contributed by atoms with Gasteiger partial charge in [-0.1, -0.05) is 6.07 Å². The van der Waals surface area contributed by atoms with Crippen molar-refractivity contribution in [3.63, 3.8) is 0 Å². The second-order valence-corrected chi connectivity index (χ2v) is 7.81. The second-order valence-electron chi connectivity index (χ2n) is 7.03. The smallest absolute Gasteiger partial charge is 0.416 e. The highest BCUT2D eigenvalue weighted by Gasteiger charge is 2.30. The van der Waals surface area contributed by atoms with Crippen molar-refractivity contribution in [3.05, 3.63) is 59.2 Å². The van der Waals surface area contributed by atoms with Crippen LogP contribution in [0.4, 0.5) is 23.9 Å². The summed E-state index contributed by atoms with van der Waals surface area (Å²) in [5.41, 5.74) is 0.567. The highest BCUT2D eigenvalue weighted by Crippen LogP contribution is 2.36. The second kappa shape index (κ2) is 10.1. The molecule has 0 bridgehead atoms. The molecule has 0 aliphatic carbocycles. The lowest BCUT2D eigenvalue weighted by Gasteiger charge is -2.14. The Labute approximate surface area is 191 Å². The molecule has 1 unspecified atom stereocenters. The largest absolute Gasteiger partial charge is 0.492 e. The van der Waals surface area contributed by atoms with Crippen LogP contribution in [0.2, 0.25) is 0 Å². The summed E-state index contributed by atoms with van der Waals surface area (Å²) in [6.45, 7) is 1.18. The van der Waals surface area contributed by atoms with Gasteiger partial charge in [0.25, 0.3) is 0 Å². The van der Waals surface area contributed by atoms with Crippen molar-refractivity contribution >= 4 is 28.1 Å². The van der Waals surface area contributed by atoms with Crippen molar-refractivity contribution in [2.24, 2.45) is 0 Å². The van der Waals surface area contributed by atoms with Gasteiger partial charge in [0.15, 0.2) is 0 Å². The van der Waals surface area contributed by atoms with E-state index in [9.17, 15) is 23.4 Å². The minimum Gasteiger partial charge on any atom is -0.492 e. The summed E-state index contributed by atoms with van der Waals surface area (Å²) in [7, 11) is 0. The quantitative estimate of drug-likeness (QED) is 0.212. The lowest BCUT2D eigenvalue weighted by molar-refractivity contribution is -0.137. The van der Waals surface area contributed by atoms with Crippen molar-refractivity contribution in [1.29, 1.82) is 5.41 Å². The van der Waals surface area contributed by atoms with Crippen LogP contribution in [-0.4, -0.2) is 44.8 Å². The molecular formula is C21H21F3N4O4S. The Hall–Kier alpha value is -3.35. The number of benzene rings is 2. The average Bonchev–Trinajstić information content (AvgIpc) is 3.13. The zero-order valence-electron chi connectivity index (χ0n) is 17.3. The van der Waals surface area contributed by atoms with Gasteiger partial charge in [0.1, 0.15) is 27.9 Å². The normalized spacial score (nSPS) is 12.3. The topological polar surface area (TPSA) is 131 Å². The molecule has 12 heteroatoms. The molecule has 1 heterocycles. The molecule has 8 nitrogen and oxygen atoms in total. The van der Waals surface area contributed by atoms with Gasteiger partial charge >= 0.3 is 6.18 Å². The Kier molecular flexibility index (Phi) is 7.41. The van der Waals surface area contributed by atoms with E-state index >= 15 is 0 Å². The summed E-state index contributed by atoms with van der Waals surface area (Å²) in [6.07, 6.45) is -5.54. The molecule has 0 radical (unpaired) electrons. The van der Waals surface area contributed by atoms with Crippen molar-refractivity contribution in [2.75, 3.05) is 18.5 Å². The summed E-state index contributed by atoms with van der Waals surface area (Å²) in [6, 6.07) is 9.41. The number of nitrogens with one attached hydrogen (secondary N) is 3. The van der Waals surface area contributed by atoms with Gasteiger partial charge in [0.05, 0.1) is 18.3 Å². The standard InChI is InChI=1S/C21H21F3N4O4S/c1-11-7-15(32-14-4-2-3-12(8-14)21(22,23)24)5-6-16(11)27-20-17(19(31)28-33-20)18(25)26-9-13(30)10-29/h2-8,13,27,29-30H,9-10H2,1H3,(H2,25,26)(H,28,31). The van der Waals surface area contributed by atoms with Gasteiger partial charge in [-0.05, 0) is 60.4 Å². The van der Waals surface area contributed by atoms with Crippen LogP contribution in [0.5, 0.6) is 17.4 Å². The number of ether oxygens (including phenoxy) is 1. The number of aryl methyl sites for hydroxylation is 1. The Morgan fingerprint density at radius 1 is 1.21 bits per heavy atom. The molecular weight excluding hydrogens is 461 g/mol. The molecule has 0 aliphatic heterocycles. The molecule has 33 heavy (non-hydrogen) atoms. The lowest BCUT2D eigenvalue weighted by Crippen LogP contribution is -2.34. The molecule has 3 rings (SSSR count). The Morgan fingerprint density at radius 3 is 2.61 bits per heavy atom. The maximum atomic E-state index is 12.9. The van der Waals surface area contributed by atoms with Crippen molar-refractivity contribution in [1.82, 2.24) is 9.69 Å². The van der Waals surface area contributed by atoms with Crippen LogP contribution in [0.25, 0.3) is 0 Å². The van der Waals surface area contributed by atoms with Gasteiger partial charge in [-0.15, -0.1) is 0 Å². The number of aromatic nitrogens is 1. The first-order valence-electron chi connectivity index (χ1n) is 9.61. The number of rotatable bonds is 8. The zero-order valence-corrected chi connectivity index (χ0v) is 18.1. The number of nitrogens with zero attached hydrogens (tertiary/aromatic N) is 1. The molecule has 1 aromatic heterocycles. The zero-order chi connectivity index (χ0) is 24.2. The van der Waals surface area contributed by atoms with E-state index in [-0.39, 0.29) is 29.6 Å². The number of hydrogen-bond acceptors (Lipinski definition) is 8. The highest BCUT2D eigenvalue weighted by atomic mass is 32.1. The number of aliphatic hydroxyl groups excluding tert-OH is 2. The van der Waals surface area contributed by atoms with E-state index < -0.39 is 24.5 Å². The third-order valence-corrected chi connectivity index (χ3v) is 5.25. The molecule has 176 valence electrons. The molecule has 0 aliphatic rings. The number of amidine groups is 1. The molecule has 0 saturated carbocycles. The minimum atomic E-state index is -4.47. The fourth-order valence-electron chi connectivity index (χ4n) is 2.80. The highest BCUT2D eigenvalue weighted by molar-refractivity contribution is 7.11. The van der Waals surface area contributed by atoms with Crippen molar-refractivity contribution in [2.45, 2.75) is 19.2 Å². The molecule has 1 atom stereocenters. The Balaban J connectivity index is 1.75. The van der Waals surface area contributed by atoms with Crippen LogP contribution in [0, 0.1) is 12.3 Å². The average molecular weight is 482 g/mol. The van der Waals surface area contributed by atoms with Gasteiger partial charge in [-0.3, -0.25) is 5.41 Å². The first kappa shape index (κ1) is 24.3. The number of anilines is 2. The molecule has 0 spiro atoms. The molecule has 0 amide bonds. The summed E-state index contributed by atoms with van der Waals surface area (Å²) in [5.74, 6) is -0.194. The third kappa shape index (κ3) is 6.12. The van der Waals surface area contributed by atoms with E-state index in [0.29, 0.717) is 22.0 Å². The number of aromatic hydroxyl groups is 1. The van der Waals surface area contributed by atoms with E-state index in [1.807, 2.05) is 0 Å². The first-order chi connectivity index (χ1) is 15.6. The van der Waals surface area contributed by atoms with Gasteiger partial charge in [-0.2, -0.15) is 17.5 Å². The molecule has 2 aromatic carbocycles. The Morgan fingerprint density at radius 2 is 1.94 bits per heavy atom. The van der Waals surface area contributed by atoms with E-state index in [4.69, 9.17) is 15.3 Å². The summed E-state index contributed by atoms with van der Waals surface area (Å²) >= 11 is 0.917. The molecule has 3 aromatic rings. The van der Waals surface area contributed by atoms with E-state index in [1.165, 1.54) is 12.1 Å².